The number of hydrogen-bond acceptors (Lipinski definition) is 3. The van der Waals surface area contributed by atoms with Crippen LogP contribution in [0.4, 0.5) is 8.78 Å². The maximum Gasteiger partial charge on any atom is 0.350 e. The van der Waals surface area contributed by atoms with Crippen LogP contribution in [-0.4, -0.2) is 18.7 Å². The zero-order chi connectivity index (χ0) is 16.8. The van der Waals surface area contributed by atoms with Gasteiger partial charge in [0.15, 0.2) is 11.6 Å². The lowest BCUT2D eigenvalue weighted by Gasteiger charge is -2.24. The van der Waals surface area contributed by atoms with E-state index in [1.807, 2.05) is 0 Å². The van der Waals surface area contributed by atoms with Gasteiger partial charge in [-0.1, -0.05) is 6.42 Å². The van der Waals surface area contributed by atoms with E-state index in [1.165, 1.54) is 27.5 Å². The zero-order valence-corrected chi connectivity index (χ0v) is 12.7. The Kier molecular flexibility index (Phi) is 3.33. The molecule has 6 nitrogen and oxygen atoms in total. The minimum Gasteiger partial charge on any atom is -0.279 e. The largest absolute Gasteiger partial charge is 0.350 e. The Labute approximate surface area is 134 Å². The fourth-order valence-electron chi connectivity index (χ4n) is 2.89. The van der Waals surface area contributed by atoms with Crippen molar-refractivity contribution in [1.82, 2.24) is 18.7 Å². The molecule has 0 unspecified atom stereocenters. The van der Waals surface area contributed by atoms with Crippen LogP contribution in [0.1, 0.15) is 19.3 Å². The smallest absolute Gasteiger partial charge is 0.279 e. The van der Waals surface area contributed by atoms with Gasteiger partial charge in [-0.3, -0.25) is 9.36 Å². The first-order chi connectivity index (χ1) is 11.5. The van der Waals surface area contributed by atoms with Crippen LogP contribution < -0.4 is 11.2 Å². The van der Waals surface area contributed by atoms with Crippen LogP contribution >= 0.6 is 0 Å². The van der Waals surface area contributed by atoms with Gasteiger partial charge in [-0.25, -0.2) is 22.7 Å². The van der Waals surface area contributed by atoms with E-state index in [4.69, 9.17) is 0 Å². The molecule has 1 fully saturated rings. The Morgan fingerprint density at radius 2 is 1.92 bits per heavy atom. The lowest BCUT2D eigenvalue weighted by molar-refractivity contribution is 0.263. The SMILES string of the molecule is O=c1c2nn(CC3CCC3)c(=O)n2ccn1-c1ccc(F)c(F)c1. The number of benzene rings is 1. The van der Waals surface area contributed by atoms with Crippen LogP contribution in [0.3, 0.4) is 0 Å². The highest BCUT2D eigenvalue weighted by Crippen LogP contribution is 2.27. The third-order valence-corrected chi connectivity index (χ3v) is 4.48. The summed E-state index contributed by atoms with van der Waals surface area (Å²) in [6, 6.07) is 3.17. The van der Waals surface area contributed by atoms with Crippen molar-refractivity contribution in [2.75, 3.05) is 0 Å². The molecule has 0 saturated heterocycles. The van der Waals surface area contributed by atoms with E-state index >= 15 is 0 Å². The van der Waals surface area contributed by atoms with E-state index in [2.05, 4.69) is 5.10 Å². The maximum absolute atomic E-state index is 13.4. The fourth-order valence-corrected chi connectivity index (χ4v) is 2.89. The zero-order valence-electron chi connectivity index (χ0n) is 12.7. The standard InChI is InChI=1S/C16H14F2N4O2/c17-12-5-4-11(8-13(12)18)20-6-7-21-14(15(20)23)19-22(16(21)24)9-10-2-1-3-10/h4-8,10H,1-3,9H2. The van der Waals surface area contributed by atoms with Gasteiger partial charge in [-0.15, -0.1) is 5.10 Å². The number of hydrogen-bond donors (Lipinski definition) is 0. The Bertz CT molecular complexity index is 1050. The molecule has 0 spiro atoms. The number of fused-ring (bicyclic) bond motifs is 1. The van der Waals surface area contributed by atoms with Crippen molar-refractivity contribution in [3.63, 3.8) is 0 Å². The molecule has 2 heterocycles. The minimum absolute atomic E-state index is 0.0356. The molecule has 24 heavy (non-hydrogen) atoms. The van der Waals surface area contributed by atoms with Crippen LogP contribution in [0, 0.1) is 17.6 Å². The van der Waals surface area contributed by atoms with Gasteiger partial charge < -0.3 is 0 Å². The summed E-state index contributed by atoms with van der Waals surface area (Å²) in [6.45, 7) is 0.491. The first kappa shape index (κ1) is 14.8. The minimum atomic E-state index is -1.05. The van der Waals surface area contributed by atoms with Gasteiger partial charge in [0.25, 0.3) is 0 Å². The molecule has 0 radical (unpaired) electrons. The second kappa shape index (κ2) is 5.40. The molecule has 124 valence electrons. The van der Waals surface area contributed by atoms with Gasteiger partial charge in [-0.05, 0) is 30.9 Å². The Balaban J connectivity index is 1.83. The molecule has 0 aliphatic heterocycles. The molecule has 4 rings (SSSR count). The number of halogens is 2. The first-order valence-corrected chi connectivity index (χ1v) is 7.71. The second-order valence-electron chi connectivity index (χ2n) is 6.03. The van der Waals surface area contributed by atoms with E-state index < -0.39 is 17.2 Å². The van der Waals surface area contributed by atoms with Crippen molar-refractivity contribution in [2.24, 2.45) is 5.92 Å². The van der Waals surface area contributed by atoms with Gasteiger partial charge in [0.2, 0.25) is 5.65 Å². The Hall–Kier alpha value is -2.77. The van der Waals surface area contributed by atoms with Crippen LogP contribution in [0.25, 0.3) is 11.3 Å². The molecule has 1 aromatic carbocycles. The molecule has 2 aromatic heterocycles. The molecule has 3 aromatic rings. The van der Waals surface area contributed by atoms with Gasteiger partial charge in [-0.2, -0.15) is 0 Å². The van der Waals surface area contributed by atoms with Crippen molar-refractivity contribution in [3.8, 4) is 5.69 Å². The second-order valence-corrected chi connectivity index (χ2v) is 6.03. The summed E-state index contributed by atoms with van der Waals surface area (Å²) in [5.74, 6) is -1.62. The highest BCUT2D eigenvalue weighted by Gasteiger charge is 2.21. The van der Waals surface area contributed by atoms with Gasteiger partial charge in [0.1, 0.15) is 0 Å². The molecule has 1 saturated carbocycles. The van der Waals surface area contributed by atoms with Crippen LogP contribution in [0.5, 0.6) is 0 Å². The van der Waals surface area contributed by atoms with Crippen LogP contribution in [0.2, 0.25) is 0 Å². The van der Waals surface area contributed by atoms with Crippen LogP contribution in [0.15, 0.2) is 40.2 Å². The lowest BCUT2D eigenvalue weighted by Crippen LogP contribution is -2.28. The molecular weight excluding hydrogens is 318 g/mol. The molecule has 0 amide bonds. The van der Waals surface area contributed by atoms with Crippen molar-refractivity contribution in [3.05, 3.63) is 63.1 Å². The lowest BCUT2D eigenvalue weighted by atomic mass is 9.86. The third kappa shape index (κ3) is 2.26. The summed E-state index contributed by atoms with van der Waals surface area (Å²) < 4.78 is 30.1. The highest BCUT2D eigenvalue weighted by molar-refractivity contribution is 5.40. The number of nitrogens with zero attached hydrogens (tertiary/aromatic N) is 4. The Morgan fingerprint density at radius 1 is 1.12 bits per heavy atom. The fraction of sp³-hybridized carbons (Fsp3) is 0.312. The molecule has 8 heteroatoms. The number of rotatable bonds is 3. The first-order valence-electron chi connectivity index (χ1n) is 7.71. The molecule has 0 atom stereocenters. The summed E-state index contributed by atoms with van der Waals surface area (Å²) in [5.41, 5.74) is -0.798. The van der Waals surface area contributed by atoms with E-state index in [-0.39, 0.29) is 17.0 Å². The average molecular weight is 332 g/mol. The van der Waals surface area contributed by atoms with Crippen molar-refractivity contribution < 1.29 is 8.78 Å². The van der Waals surface area contributed by atoms with Gasteiger partial charge in [0.05, 0.1) is 5.69 Å². The summed E-state index contributed by atoms with van der Waals surface area (Å²) in [5, 5.41) is 4.13. The summed E-state index contributed by atoms with van der Waals surface area (Å²) in [4.78, 5) is 24.9. The predicted octanol–water partition coefficient (Wildman–Crippen LogP) is 1.73. The maximum atomic E-state index is 13.4. The van der Waals surface area contributed by atoms with E-state index in [0.29, 0.717) is 12.5 Å². The molecular formula is C16H14F2N4O2. The van der Waals surface area contributed by atoms with Crippen LogP contribution in [-0.2, 0) is 6.54 Å². The van der Waals surface area contributed by atoms with Crippen molar-refractivity contribution in [2.45, 2.75) is 25.8 Å². The molecule has 1 aliphatic rings. The monoisotopic (exact) mass is 332 g/mol. The average Bonchev–Trinajstić information content (AvgIpc) is 2.84. The Morgan fingerprint density at radius 3 is 2.58 bits per heavy atom. The van der Waals surface area contributed by atoms with Gasteiger partial charge >= 0.3 is 11.2 Å². The predicted molar refractivity (Wildman–Crippen MR) is 82.3 cm³/mol. The number of aromatic nitrogens is 4. The third-order valence-electron chi connectivity index (χ3n) is 4.48. The molecule has 0 bridgehead atoms. The van der Waals surface area contributed by atoms with Gasteiger partial charge in [0, 0.05) is 25.0 Å². The van der Waals surface area contributed by atoms with E-state index in [1.54, 1.807) is 0 Å². The van der Waals surface area contributed by atoms with E-state index in [9.17, 15) is 18.4 Å². The normalized spacial score (nSPS) is 14.9. The van der Waals surface area contributed by atoms with Crippen molar-refractivity contribution in [1.29, 1.82) is 0 Å². The topological polar surface area (TPSA) is 61.3 Å². The summed E-state index contributed by atoms with van der Waals surface area (Å²) in [7, 11) is 0. The summed E-state index contributed by atoms with van der Waals surface area (Å²) >= 11 is 0. The quantitative estimate of drug-likeness (QED) is 0.734. The van der Waals surface area contributed by atoms with Crippen molar-refractivity contribution >= 4 is 5.65 Å². The molecule has 0 N–H and O–H groups in total. The highest BCUT2D eigenvalue weighted by atomic mass is 19.2. The summed E-state index contributed by atoms with van der Waals surface area (Å²) in [6.07, 6.45) is 6.01. The van der Waals surface area contributed by atoms with E-state index in [0.717, 1.165) is 36.0 Å². The molecule has 1 aliphatic carbocycles.